The van der Waals surface area contributed by atoms with Gasteiger partial charge in [0, 0.05) is 29.8 Å². The van der Waals surface area contributed by atoms with Crippen molar-refractivity contribution in [1.82, 2.24) is 0 Å². The SMILES string of the molecule is NC(=O)c1c(F)cc(Br)cc1NCc1ccc(N2CCOCC2)cc1. The van der Waals surface area contributed by atoms with E-state index in [0.717, 1.165) is 37.6 Å². The van der Waals surface area contributed by atoms with Gasteiger partial charge in [-0.25, -0.2) is 4.39 Å². The summed E-state index contributed by atoms with van der Waals surface area (Å²) in [6.07, 6.45) is 0. The minimum atomic E-state index is -0.796. The molecule has 0 spiro atoms. The maximum absolute atomic E-state index is 14.0. The lowest BCUT2D eigenvalue weighted by atomic mass is 10.1. The van der Waals surface area contributed by atoms with Crippen LogP contribution in [0.4, 0.5) is 15.8 Å². The van der Waals surface area contributed by atoms with Gasteiger partial charge in [0.05, 0.1) is 24.5 Å². The highest BCUT2D eigenvalue weighted by molar-refractivity contribution is 9.10. The first-order valence-corrected chi connectivity index (χ1v) is 8.78. The fraction of sp³-hybridized carbons (Fsp3) is 0.278. The van der Waals surface area contributed by atoms with Gasteiger partial charge in [0.1, 0.15) is 5.82 Å². The van der Waals surface area contributed by atoms with Gasteiger partial charge in [0.15, 0.2) is 0 Å². The molecule has 1 heterocycles. The number of halogens is 2. The standard InChI is InChI=1S/C18H19BrFN3O2/c19-13-9-15(20)17(18(21)24)16(10-13)22-11-12-1-3-14(4-2-12)23-5-7-25-8-6-23/h1-4,9-10,22H,5-8,11H2,(H2,21,24). The van der Waals surface area contributed by atoms with Crippen LogP contribution in [0.3, 0.4) is 0 Å². The van der Waals surface area contributed by atoms with Crippen LogP contribution >= 0.6 is 15.9 Å². The van der Waals surface area contributed by atoms with E-state index in [2.05, 4.69) is 38.3 Å². The van der Waals surface area contributed by atoms with E-state index in [1.165, 1.54) is 6.07 Å². The number of primary amides is 1. The Morgan fingerprint density at radius 2 is 1.92 bits per heavy atom. The van der Waals surface area contributed by atoms with Crippen molar-refractivity contribution in [3.05, 3.63) is 57.8 Å². The van der Waals surface area contributed by atoms with Gasteiger partial charge < -0.3 is 20.7 Å². The Kier molecular flexibility index (Phi) is 5.55. The summed E-state index contributed by atoms with van der Waals surface area (Å²) in [5.41, 5.74) is 7.70. The molecule has 1 aliphatic rings. The van der Waals surface area contributed by atoms with E-state index in [4.69, 9.17) is 10.5 Å². The van der Waals surface area contributed by atoms with E-state index in [9.17, 15) is 9.18 Å². The van der Waals surface area contributed by atoms with Crippen LogP contribution in [0.1, 0.15) is 15.9 Å². The van der Waals surface area contributed by atoms with Gasteiger partial charge in [0.2, 0.25) is 0 Å². The van der Waals surface area contributed by atoms with Crippen LogP contribution in [-0.2, 0) is 11.3 Å². The van der Waals surface area contributed by atoms with E-state index in [0.29, 0.717) is 16.7 Å². The monoisotopic (exact) mass is 407 g/mol. The summed E-state index contributed by atoms with van der Waals surface area (Å²) in [4.78, 5) is 13.8. The summed E-state index contributed by atoms with van der Waals surface area (Å²) in [6.45, 7) is 3.72. The van der Waals surface area contributed by atoms with Gasteiger partial charge in [0.25, 0.3) is 5.91 Å². The maximum Gasteiger partial charge on any atom is 0.253 e. The summed E-state index contributed by atoms with van der Waals surface area (Å²) in [5, 5.41) is 3.09. The van der Waals surface area contributed by atoms with Crippen molar-refractivity contribution in [1.29, 1.82) is 0 Å². The molecule has 2 aromatic rings. The number of morpholine rings is 1. The number of anilines is 2. The molecule has 1 fully saturated rings. The first kappa shape index (κ1) is 17.7. The summed E-state index contributed by atoms with van der Waals surface area (Å²) in [5.74, 6) is -1.44. The largest absolute Gasteiger partial charge is 0.380 e. The first-order valence-electron chi connectivity index (χ1n) is 7.99. The zero-order valence-corrected chi connectivity index (χ0v) is 15.2. The van der Waals surface area contributed by atoms with E-state index >= 15 is 0 Å². The van der Waals surface area contributed by atoms with Crippen LogP contribution in [-0.4, -0.2) is 32.2 Å². The Hall–Kier alpha value is -2.12. The van der Waals surface area contributed by atoms with Gasteiger partial charge in [-0.05, 0) is 29.8 Å². The van der Waals surface area contributed by atoms with Crippen LogP contribution < -0.4 is 16.0 Å². The molecule has 3 N–H and O–H groups in total. The molecule has 0 unspecified atom stereocenters. The van der Waals surface area contributed by atoms with Crippen LogP contribution in [0.5, 0.6) is 0 Å². The number of benzene rings is 2. The highest BCUT2D eigenvalue weighted by atomic mass is 79.9. The van der Waals surface area contributed by atoms with Crippen molar-refractivity contribution < 1.29 is 13.9 Å². The van der Waals surface area contributed by atoms with Crippen molar-refractivity contribution in [2.24, 2.45) is 5.73 Å². The number of carbonyl (C=O) groups is 1. The molecule has 7 heteroatoms. The smallest absolute Gasteiger partial charge is 0.253 e. The minimum Gasteiger partial charge on any atom is -0.380 e. The number of ether oxygens (including phenoxy) is 1. The van der Waals surface area contributed by atoms with Crippen molar-refractivity contribution >= 4 is 33.2 Å². The normalized spacial score (nSPS) is 14.4. The summed E-state index contributed by atoms with van der Waals surface area (Å²) < 4.78 is 19.9. The number of nitrogens with one attached hydrogen (secondary N) is 1. The van der Waals surface area contributed by atoms with Crippen molar-refractivity contribution in [2.45, 2.75) is 6.54 Å². The first-order chi connectivity index (χ1) is 12.0. The van der Waals surface area contributed by atoms with Gasteiger partial charge >= 0.3 is 0 Å². The van der Waals surface area contributed by atoms with E-state index in [-0.39, 0.29) is 5.56 Å². The average Bonchev–Trinajstić information content (AvgIpc) is 2.60. The molecule has 0 saturated carbocycles. The molecule has 1 saturated heterocycles. The van der Waals surface area contributed by atoms with Gasteiger partial charge in [-0.15, -0.1) is 0 Å². The highest BCUT2D eigenvalue weighted by Crippen LogP contribution is 2.25. The quantitative estimate of drug-likeness (QED) is 0.798. The number of rotatable bonds is 5. The molecular formula is C18H19BrFN3O2. The predicted molar refractivity (Wildman–Crippen MR) is 99.4 cm³/mol. The Labute approximate surface area is 154 Å². The molecule has 1 aliphatic heterocycles. The molecule has 0 aromatic heterocycles. The molecule has 25 heavy (non-hydrogen) atoms. The van der Waals surface area contributed by atoms with Crippen molar-refractivity contribution in [3.8, 4) is 0 Å². The number of nitrogens with two attached hydrogens (primary N) is 1. The molecule has 0 atom stereocenters. The molecule has 0 aliphatic carbocycles. The summed E-state index contributed by atoms with van der Waals surface area (Å²) >= 11 is 3.23. The molecule has 0 bridgehead atoms. The molecular weight excluding hydrogens is 389 g/mol. The lowest BCUT2D eigenvalue weighted by Crippen LogP contribution is -2.36. The molecule has 2 aromatic carbocycles. The fourth-order valence-electron chi connectivity index (χ4n) is 2.81. The van der Waals surface area contributed by atoms with Crippen LogP contribution in [0.15, 0.2) is 40.9 Å². The number of amides is 1. The molecule has 1 amide bonds. The Morgan fingerprint density at radius 3 is 2.56 bits per heavy atom. The van der Waals surface area contributed by atoms with Crippen molar-refractivity contribution in [2.75, 3.05) is 36.5 Å². The lowest BCUT2D eigenvalue weighted by Gasteiger charge is -2.29. The second-order valence-electron chi connectivity index (χ2n) is 5.79. The van der Waals surface area contributed by atoms with Crippen LogP contribution in [0, 0.1) is 5.82 Å². The highest BCUT2D eigenvalue weighted by Gasteiger charge is 2.15. The third kappa shape index (κ3) is 4.29. The minimum absolute atomic E-state index is 0.131. The summed E-state index contributed by atoms with van der Waals surface area (Å²) in [7, 11) is 0. The predicted octanol–water partition coefficient (Wildman–Crippen LogP) is 3.14. The van der Waals surface area contributed by atoms with E-state index in [1.54, 1.807) is 6.07 Å². The van der Waals surface area contributed by atoms with Crippen molar-refractivity contribution in [3.63, 3.8) is 0 Å². The maximum atomic E-state index is 14.0. The van der Waals surface area contributed by atoms with Crippen LogP contribution in [0.2, 0.25) is 0 Å². The molecule has 3 rings (SSSR count). The van der Waals surface area contributed by atoms with Gasteiger partial charge in [-0.1, -0.05) is 28.1 Å². The third-order valence-corrected chi connectivity index (χ3v) is 4.55. The molecule has 132 valence electrons. The zero-order valence-electron chi connectivity index (χ0n) is 13.6. The van der Waals surface area contributed by atoms with E-state index in [1.807, 2.05) is 12.1 Å². The van der Waals surface area contributed by atoms with Gasteiger partial charge in [-0.3, -0.25) is 4.79 Å². The second-order valence-corrected chi connectivity index (χ2v) is 6.71. The Balaban J connectivity index is 1.70. The Morgan fingerprint density at radius 1 is 1.24 bits per heavy atom. The number of hydrogen-bond acceptors (Lipinski definition) is 4. The van der Waals surface area contributed by atoms with Crippen LogP contribution in [0.25, 0.3) is 0 Å². The van der Waals surface area contributed by atoms with Gasteiger partial charge in [-0.2, -0.15) is 0 Å². The summed E-state index contributed by atoms with van der Waals surface area (Å²) in [6, 6.07) is 11.0. The topological polar surface area (TPSA) is 67.6 Å². The average molecular weight is 408 g/mol. The fourth-order valence-corrected chi connectivity index (χ4v) is 3.24. The molecule has 0 radical (unpaired) electrons. The van der Waals surface area contributed by atoms with E-state index < -0.39 is 11.7 Å². The second kappa shape index (κ2) is 7.84. The number of carbonyl (C=O) groups excluding carboxylic acids is 1. The lowest BCUT2D eigenvalue weighted by molar-refractivity contribution is 0.0997. The zero-order chi connectivity index (χ0) is 17.8. The number of hydrogen-bond donors (Lipinski definition) is 2. The molecule has 5 nitrogen and oxygen atoms in total. The Bertz CT molecular complexity index is 762. The number of nitrogens with zero attached hydrogens (tertiary/aromatic N) is 1. The third-order valence-electron chi connectivity index (χ3n) is 4.10.